The summed E-state index contributed by atoms with van der Waals surface area (Å²) in [5.74, 6) is -0.291. The molecule has 1 saturated heterocycles. The summed E-state index contributed by atoms with van der Waals surface area (Å²) in [4.78, 5) is 39.4. The van der Waals surface area contributed by atoms with Crippen LogP contribution in [0.2, 0.25) is 0 Å². The molecule has 0 bridgehead atoms. The molecule has 0 unspecified atom stereocenters. The van der Waals surface area contributed by atoms with Crippen LogP contribution in [0.4, 0.5) is 0 Å². The standard InChI is InChI=1S/C17H24N2O5S2/c1-13-3-7-16(25-13)15(21)6-4-14(20)5-8-17(22)18-9-11-19(12-10-18)26(2,23)24/h3,7H,4-6,8-12H2,1-2H3. The van der Waals surface area contributed by atoms with Gasteiger partial charge in [0.25, 0.3) is 0 Å². The van der Waals surface area contributed by atoms with Crippen LogP contribution in [0.1, 0.15) is 40.2 Å². The molecule has 2 rings (SSSR count). The number of rotatable bonds is 8. The monoisotopic (exact) mass is 400 g/mol. The number of hydrogen-bond donors (Lipinski definition) is 0. The van der Waals surface area contributed by atoms with E-state index in [1.54, 1.807) is 11.0 Å². The molecule has 0 saturated carbocycles. The van der Waals surface area contributed by atoms with Gasteiger partial charge in [-0.3, -0.25) is 14.4 Å². The lowest BCUT2D eigenvalue weighted by atomic mass is 10.1. The van der Waals surface area contributed by atoms with Crippen LogP contribution in [-0.2, 0) is 19.6 Å². The van der Waals surface area contributed by atoms with Gasteiger partial charge in [0.1, 0.15) is 5.78 Å². The van der Waals surface area contributed by atoms with Crippen LogP contribution in [-0.4, -0.2) is 67.5 Å². The van der Waals surface area contributed by atoms with E-state index in [1.807, 2.05) is 13.0 Å². The van der Waals surface area contributed by atoms with Crippen molar-refractivity contribution < 1.29 is 22.8 Å². The van der Waals surface area contributed by atoms with Crippen molar-refractivity contribution in [3.8, 4) is 0 Å². The number of hydrogen-bond acceptors (Lipinski definition) is 6. The van der Waals surface area contributed by atoms with Crippen LogP contribution < -0.4 is 0 Å². The molecule has 0 radical (unpaired) electrons. The predicted molar refractivity (Wildman–Crippen MR) is 99.9 cm³/mol. The Morgan fingerprint density at radius 1 is 1.00 bits per heavy atom. The van der Waals surface area contributed by atoms with Gasteiger partial charge in [0.15, 0.2) is 5.78 Å². The van der Waals surface area contributed by atoms with Gasteiger partial charge in [0, 0.05) is 56.7 Å². The van der Waals surface area contributed by atoms with Gasteiger partial charge >= 0.3 is 0 Å². The molecule has 26 heavy (non-hydrogen) atoms. The van der Waals surface area contributed by atoms with Crippen LogP contribution in [0.15, 0.2) is 12.1 Å². The van der Waals surface area contributed by atoms with Crippen molar-refractivity contribution in [3.63, 3.8) is 0 Å². The quantitative estimate of drug-likeness (QED) is 0.616. The lowest BCUT2D eigenvalue weighted by Crippen LogP contribution is -2.50. The van der Waals surface area contributed by atoms with Crippen LogP contribution in [0.5, 0.6) is 0 Å². The molecule has 0 aromatic carbocycles. The fourth-order valence-electron chi connectivity index (χ4n) is 2.76. The first-order valence-electron chi connectivity index (χ1n) is 8.51. The summed E-state index contributed by atoms with van der Waals surface area (Å²) in [6.07, 6.45) is 1.68. The third-order valence-corrected chi connectivity index (χ3v) is 6.67. The number of nitrogens with zero attached hydrogens (tertiary/aromatic N) is 2. The van der Waals surface area contributed by atoms with E-state index in [0.717, 1.165) is 11.1 Å². The second-order valence-electron chi connectivity index (χ2n) is 6.41. The minimum atomic E-state index is -3.23. The molecule has 1 aromatic rings. The first kappa shape index (κ1) is 20.7. The van der Waals surface area contributed by atoms with E-state index in [1.165, 1.54) is 15.6 Å². The molecule has 2 heterocycles. The molecule has 0 aliphatic carbocycles. The maximum atomic E-state index is 12.2. The van der Waals surface area contributed by atoms with Crippen molar-refractivity contribution in [2.45, 2.75) is 32.6 Å². The van der Waals surface area contributed by atoms with E-state index >= 15 is 0 Å². The highest BCUT2D eigenvalue weighted by Crippen LogP contribution is 2.18. The summed E-state index contributed by atoms with van der Waals surface area (Å²) in [6, 6.07) is 3.65. The number of ketones is 2. The lowest BCUT2D eigenvalue weighted by Gasteiger charge is -2.33. The average molecular weight is 401 g/mol. The van der Waals surface area contributed by atoms with Gasteiger partial charge in [-0.05, 0) is 19.1 Å². The summed E-state index contributed by atoms with van der Waals surface area (Å²) in [5, 5.41) is 0. The Morgan fingerprint density at radius 3 is 2.15 bits per heavy atom. The zero-order valence-corrected chi connectivity index (χ0v) is 16.7. The highest BCUT2D eigenvalue weighted by atomic mass is 32.2. The summed E-state index contributed by atoms with van der Waals surface area (Å²) >= 11 is 1.42. The van der Waals surface area contributed by atoms with E-state index in [9.17, 15) is 22.8 Å². The minimum absolute atomic E-state index is 0.0420. The second-order valence-corrected chi connectivity index (χ2v) is 9.69. The third-order valence-electron chi connectivity index (χ3n) is 4.32. The Hall–Kier alpha value is -1.58. The van der Waals surface area contributed by atoms with Crippen LogP contribution in [0, 0.1) is 6.92 Å². The Labute approximate surface area is 158 Å². The van der Waals surface area contributed by atoms with Gasteiger partial charge in [-0.1, -0.05) is 0 Å². The molecule has 9 heteroatoms. The van der Waals surface area contributed by atoms with Crippen molar-refractivity contribution in [2.75, 3.05) is 32.4 Å². The van der Waals surface area contributed by atoms with E-state index < -0.39 is 10.0 Å². The third kappa shape index (κ3) is 6.00. The topological polar surface area (TPSA) is 91.8 Å². The maximum Gasteiger partial charge on any atom is 0.223 e. The fourth-order valence-corrected chi connectivity index (χ4v) is 4.42. The smallest absolute Gasteiger partial charge is 0.223 e. The average Bonchev–Trinajstić information content (AvgIpc) is 3.03. The van der Waals surface area contributed by atoms with Crippen molar-refractivity contribution >= 4 is 38.8 Å². The Morgan fingerprint density at radius 2 is 1.62 bits per heavy atom. The maximum absolute atomic E-state index is 12.2. The van der Waals surface area contributed by atoms with E-state index in [-0.39, 0.29) is 56.2 Å². The van der Waals surface area contributed by atoms with E-state index in [4.69, 9.17) is 0 Å². The molecule has 1 aromatic heterocycles. The van der Waals surface area contributed by atoms with Crippen LogP contribution in [0.25, 0.3) is 0 Å². The highest BCUT2D eigenvalue weighted by Gasteiger charge is 2.26. The van der Waals surface area contributed by atoms with Gasteiger partial charge in [0.2, 0.25) is 15.9 Å². The number of piperazine rings is 1. The number of aryl methyl sites for hydroxylation is 1. The van der Waals surface area contributed by atoms with Gasteiger partial charge in [-0.25, -0.2) is 8.42 Å². The minimum Gasteiger partial charge on any atom is -0.340 e. The van der Waals surface area contributed by atoms with Gasteiger partial charge < -0.3 is 4.90 Å². The van der Waals surface area contributed by atoms with Crippen molar-refractivity contribution in [2.24, 2.45) is 0 Å². The number of carbonyl (C=O) groups excluding carboxylic acids is 3. The Bertz CT molecular complexity index is 777. The Kier molecular flexibility index (Phi) is 7.08. The first-order valence-corrected chi connectivity index (χ1v) is 11.2. The molecule has 0 spiro atoms. The van der Waals surface area contributed by atoms with E-state index in [0.29, 0.717) is 18.0 Å². The number of thiophene rings is 1. The summed E-state index contributed by atoms with van der Waals surface area (Å²) in [6.45, 7) is 3.18. The lowest BCUT2D eigenvalue weighted by molar-refractivity contribution is -0.134. The number of carbonyl (C=O) groups is 3. The van der Waals surface area contributed by atoms with Crippen LogP contribution in [0.3, 0.4) is 0 Å². The summed E-state index contributed by atoms with van der Waals surface area (Å²) in [5.41, 5.74) is 0. The first-order chi connectivity index (χ1) is 12.2. The summed E-state index contributed by atoms with van der Waals surface area (Å²) < 4.78 is 24.3. The molecule has 144 valence electrons. The number of Topliss-reactive ketones (excluding diaryl/α,β-unsaturated/α-hetero) is 2. The largest absolute Gasteiger partial charge is 0.340 e. The second kappa shape index (κ2) is 8.88. The number of sulfonamides is 1. The molecule has 7 nitrogen and oxygen atoms in total. The molecule has 1 amide bonds. The highest BCUT2D eigenvalue weighted by molar-refractivity contribution is 7.88. The fraction of sp³-hybridized carbons (Fsp3) is 0.588. The Balaban J connectivity index is 1.69. The molecule has 1 aliphatic heterocycles. The molecule has 1 fully saturated rings. The van der Waals surface area contributed by atoms with Gasteiger partial charge in [-0.2, -0.15) is 4.31 Å². The van der Waals surface area contributed by atoms with Crippen molar-refractivity contribution in [3.05, 3.63) is 21.9 Å². The summed E-state index contributed by atoms with van der Waals surface area (Å²) in [7, 11) is -3.23. The molecular formula is C17H24N2O5S2. The van der Waals surface area contributed by atoms with Gasteiger partial charge in [0.05, 0.1) is 11.1 Å². The van der Waals surface area contributed by atoms with Gasteiger partial charge in [-0.15, -0.1) is 11.3 Å². The SMILES string of the molecule is Cc1ccc(C(=O)CCC(=O)CCC(=O)N2CCN(S(C)(=O)=O)CC2)s1. The molecule has 1 aliphatic rings. The normalized spacial score (nSPS) is 15.8. The zero-order valence-electron chi connectivity index (χ0n) is 15.1. The number of amides is 1. The molecular weight excluding hydrogens is 376 g/mol. The molecule has 0 atom stereocenters. The van der Waals surface area contributed by atoms with Crippen molar-refractivity contribution in [1.82, 2.24) is 9.21 Å². The molecule has 0 N–H and O–H groups in total. The predicted octanol–water partition coefficient (Wildman–Crippen LogP) is 1.47. The van der Waals surface area contributed by atoms with E-state index in [2.05, 4.69) is 0 Å². The zero-order chi connectivity index (χ0) is 19.3. The van der Waals surface area contributed by atoms with Crippen LogP contribution >= 0.6 is 11.3 Å². The van der Waals surface area contributed by atoms with Crippen molar-refractivity contribution in [1.29, 1.82) is 0 Å².